The molecule has 0 atom stereocenters. The molecule has 0 bridgehead atoms. The molecule has 0 saturated heterocycles. The third-order valence-electron chi connectivity index (χ3n) is 3.92. The third-order valence-corrected chi connectivity index (χ3v) is 3.92. The van der Waals surface area contributed by atoms with Crippen molar-refractivity contribution in [3.63, 3.8) is 0 Å². The number of benzene rings is 1. The van der Waals surface area contributed by atoms with Crippen LogP contribution in [0.1, 0.15) is 5.69 Å². The van der Waals surface area contributed by atoms with Crippen LogP contribution in [0.25, 0.3) is 22.4 Å². The van der Waals surface area contributed by atoms with E-state index in [4.69, 9.17) is 4.74 Å². The van der Waals surface area contributed by atoms with Gasteiger partial charge < -0.3 is 4.74 Å². The van der Waals surface area contributed by atoms with Gasteiger partial charge in [0.25, 0.3) is 0 Å². The van der Waals surface area contributed by atoms with E-state index in [1.165, 1.54) is 16.9 Å². The normalized spacial score (nSPS) is 10.7. The predicted octanol–water partition coefficient (Wildman–Crippen LogP) is 3.68. The Morgan fingerprint density at radius 1 is 1.15 bits per heavy atom. The molecule has 7 nitrogen and oxygen atoms in total. The number of carbonyl (C=O) groups excluding carboxylic acids is 1. The number of pyridine rings is 1. The Labute approximate surface area is 153 Å². The molecule has 3 aromatic heterocycles. The summed E-state index contributed by atoms with van der Waals surface area (Å²) in [5.74, 6) is 0.290. The zero-order chi connectivity index (χ0) is 18.8. The molecule has 3 heterocycles. The minimum absolute atomic E-state index is 0.217. The molecule has 0 radical (unpaired) electrons. The molecule has 134 valence electrons. The Balaban J connectivity index is 1.52. The molecule has 4 aromatic rings. The van der Waals surface area contributed by atoms with Gasteiger partial charge >= 0.3 is 6.09 Å². The lowest BCUT2D eigenvalue weighted by molar-refractivity contribution is 0.211. The van der Waals surface area contributed by atoms with Crippen molar-refractivity contribution in [1.29, 1.82) is 0 Å². The van der Waals surface area contributed by atoms with Crippen LogP contribution in [0, 0.1) is 12.7 Å². The lowest BCUT2D eigenvalue weighted by atomic mass is 10.2. The zero-order valence-corrected chi connectivity index (χ0v) is 14.3. The minimum Gasteiger partial charge on any atom is -0.406 e. The number of halogens is 1. The quantitative estimate of drug-likeness (QED) is 0.600. The SMILES string of the molecule is Cc1nc(-c2ccccn2)ncc1OC(=O)Nn1ccc2c(F)cccc21. The molecule has 0 fully saturated rings. The van der Waals surface area contributed by atoms with Crippen LogP contribution < -0.4 is 10.2 Å². The highest BCUT2D eigenvalue weighted by Gasteiger charge is 2.13. The second-order valence-corrected chi connectivity index (χ2v) is 5.72. The van der Waals surface area contributed by atoms with Crippen molar-refractivity contribution >= 4 is 17.0 Å². The first-order valence-electron chi connectivity index (χ1n) is 8.11. The van der Waals surface area contributed by atoms with E-state index >= 15 is 0 Å². The first-order chi connectivity index (χ1) is 13.1. The van der Waals surface area contributed by atoms with Crippen molar-refractivity contribution in [3.8, 4) is 17.3 Å². The maximum Gasteiger partial charge on any atom is 0.432 e. The van der Waals surface area contributed by atoms with Gasteiger partial charge in [0, 0.05) is 17.8 Å². The second-order valence-electron chi connectivity index (χ2n) is 5.72. The summed E-state index contributed by atoms with van der Waals surface area (Å²) in [7, 11) is 0. The van der Waals surface area contributed by atoms with Crippen LogP contribution in [0.15, 0.2) is 61.1 Å². The van der Waals surface area contributed by atoms with Crippen molar-refractivity contribution in [2.24, 2.45) is 0 Å². The molecule has 1 amide bonds. The molecule has 0 aliphatic rings. The van der Waals surface area contributed by atoms with Gasteiger partial charge in [-0.05, 0) is 37.3 Å². The summed E-state index contributed by atoms with van der Waals surface area (Å²) < 4.78 is 20.4. The van der Waals surface area contributed by atoms with Gasteiger partial charge in [-0.2, -0.15) is 0 Å². The highest BCUT2D eigenvalue weighted by atomic mass is 19.1. The molecule has 0 aliphatic carbocycles. The lowest BCUT2D eigenvalue weighted by Gasteiger charge is -2.10. The average Bonchev–Trinajstić information content (AvgIpc) is 3.08. The molecule has 0 aliphatic heterocycles. The van der Waals surface area contributed by atoms with Gasteiger partial charge in [-0.1, -0.05) is 12.1 Å². The number of fused-ring (bicyclic) bond motifs is 1. The number of ether oxygens (including phenoxy) is 1. The zero-order valence-electron chi connectivity index (χ0n) is 14.3. The maximum absolute atomic E-state index is 13.7. The summed E-state index contributed by atoms with van der Waals surface area (Å²) in [6.07, 6.45) is 3.87. The van der Waals surface area contributed by atoms with E-state index in [0.29, 0.717) is 28.1 Å². The summed E-state index contributed by atoms with van der Waals surface area (Å²) in [5, 5.41) is 0.400. The number of amides is 1. The molecule has 4 rings (SSSR count). The summed E-state index contributed by atoms with van der Waals surface area (Å²) in [5.41, 5.74) is 4.17. The largest absolute Gasteiger partial charge is 0.432 e. The van der Waals surface area contributed by atoms with E-state index in [9.17, 15) is 9.18 Å². The molecule has 27 heavy (non-hydrogen) atoms. The van der Waals surface area contributed by atoms with Crippen molar-refractivity contribution in [1.82, 2.24) is 19.6 Å². The highest BCUT2D eigenvalue weighted by Crippen LogP contribution is 2.20. The first-order valence-corrected chi connectivity index (χ1v) is 8.11. The van der Waals surface area contributed by atoms with Gasteiger partial charge in [-0.25, -0.2) is 24.6 Å². The van der Waals surface area contributed by atoms with Crippen molar-refractivity contribution in [3.05, 3.63) is 72.6 Å². The third kappa shape index (κ3) is 3.32. The van der Waals surface area contributed by atoms with Gasteiger partial charge in [-0.15, -0.1) is 0 Å². The van der Waals surface area contributed by atoms with Crippen molar-refractivity contribution in [2.75, 3.05) is 5.43 Å². The monoisotopic (exact) mass is 363 g/mol. The van der Waals surface area contributed by atoms with Crippen LogP contribution >= 0.6 is 0 Å². The van der Waals surface area contributed by atoms with Crippen LogP contribution in [0.3, 0.4) is 0 Å². The fourth-order valence-corrected chi connectivity index (χ4v) is 2.62. The molecular formula is C19H14FN5O2. The van der Waals surface area contributed by atoms with Crippen LogP contribution in [-0.4, -0.2) is 25.7 Å². The van der Waals surface area contributed by atoms with Crippen LogP contribution in [0.5, 0.6) is 5.75 Å². The Morgan fingerprint density at radius 3 is 2.81 bits per heavy atom. The van der Waals surface area contributed by atoms with Gasteiger partial charge in [0.2, 0.25) is 0 Å². The second kappa shape index (κ2) is 6.83. The van der Waals surface area contributed by atoms with Gasteiger partial charge in [0.15, 0.2) is 11.6 Å². The van der Waals surface area contributed by atoms with Crippen molar-refractivity contribution in [2.45, 2.75) is 6.92 Å². The van der Waals surface area contributed by atoms with Crippen molar-refractivity contribution < 1.29 is 13.9 Å². The first kappa shape index (κ1) is 16.6. The van der Waals surface area contributed by atoms with Gasteiger partial charge in [0.05, 0.1) is 17.4 Å². The summed E-state index contributed by atoms with van der Waals surface area (Å²) in [6.45, 7) is 1.71. The smallest absolute Gasteiger partial charge is 0.406 e. The minimum atomic E-state index is -0.742. The predicted molar refractivity (Wildman–Crippen MR) is 97.3 cm³/mol. The number of rotatable bonds is 3. The summed E-state index contributed by atoms with van der Waals surface area (Å²) >= 11 is 0. The molecule has 8 heteroatoms. The van der Waals surface area contributed by atoms with E-state index in [1.54, 1.807) is 49.6 Å². The fraction of sp³-hybridized carbons (Fsp3) is 0.0526. The number of carbonyl (C=O) groups is 1. The highest BCUT2D eigenvalue weighted by molar-refractivity contribution is 5.85. The Hall–Kier alpha value is -3.81. The van der Waals surface area contributed by atoms with E-state index in [0.717, 1.165) is 0 Å². The fourth-order valence-electron chi connectivity index (χ4n) is 2.62. The maximum atomic E-state index is 13.7. The lowest BCUT2D eigenvalue weighted by Crippen LogP contribution is -2.25. The number of aromatic nitrogens is 4. The topological polar surface area (TPSA) is 81.9 Å². The molecule has 0 unspecified atom stereocenters. The Morgan fingerprint density at radius 2 is 2.04 bits per heavy atom. The molecule has 1 aromatic carbocycles. The van der Waals surface area contributed by atoms with Crippen LogP contribution in [0.4, 0.5) is 9.18 Å². The van der Waals surface area contributed by atoms with Crippen LogP contribution in [0.2, 0.25) is 0 Å². The van der Waals surface area contributed by atoms with Gasteiger partial charge in [-0.3, -0.25) is 9.66 Å². The molecule has 1 N–H and O–H groups in total. The van der Waals surface area contributed by atoms with E-state index in [1.807, 2.05) is 6.07 Å². The summed E-state index contributed by atoms with van der Waals surface area (Å²) in [4.78, 5) is 24.9. The standard InChI is InChI=1S/C19H14FN5O2/c1-12-17(11-22-18(23-12)15-6-2-3-9-21-15)27-19(26)24-25-10-8-13-14(20)5-4-7-16(13)25/h2-11H,1H3,(H,24,26). The van der Waals surface area contributed by atoms with Crippen LogP contribution in [-0.2, 0) is 0 Å². The number of aryl methyl sites for hydroxylation is 1. The number of hydrogen-bond acceptors (Lipinski definition) is 5. The Bertz CT molecular complexity index is 1130. The Kier molecular flexibility index (Phi) is 4.21. The molecular weight excluding hydrogens is 349 g/mol. The molecule has 0 saturated carbocycles. The number of nitrogens with one attached hydrogen (secondary N) is 1. The summed E-state index contributed by atoms with van der Waals surface area (Å²) in [6, 6.07) is 11.6. The average molecular weight is 363 g/mol. The number of nitrogens with zero attached hydrogens (tertiary/aromatic N) is 4. The van der Waals surface area contributed by atoms with E-state index in [-0.39, 0.29) is 11.6 Å². The molecule has 0 spiro atoms. The number of hydrogen-bond donors (Lipinski definition) is 1. The van der Waals surface area contributed by atoms with E-state index < -0.39 is 6.09 Å². The van der Waals surface area contributed by atoms with E-state index in [2.05, 4.69) is 20.4 Å². The van der Waals surface area contributed by atoms with Gasteiger partial charge in [0.1, 0.15) is 11.5 Å².